The fourth-order valence-electron chi connectivity index (χ4n) is 1.73. The summed E-state index contributed by atoms with van der Waals surface area (Å²) < 4.78 is 5.40. The van der Waals surface area contributed by atoms with Crippen LogP contribution in [0.25, 0.3) is 0 Å². The van der Waals surface area contributed by atoms with Crippen molar-refractivity contribution in [3.05, 3.63) is 29.3 Å². The van der Waals surface area contributed by atoms with Gasteiger partial charge in [-0.15, -0.1) is 0 Å². The minimum absolute atomic E-state index is 0.561. The van der Waals surface area contributed by atoms with Crippen LogP contribution in [0.4, 0.5) is 0 Å². The second-order valence-electron chi connectivity index (χ2n) is 3.56. The van der Waals surface area contributed by atoms with Gasteiger partial charge in [0.15, 0.2) is 0 Å². The molecule has 3 nitrogen and oxygen atoms in total. The maximum absolute atomic E-state index is 9.02. The van der Waals surface area contributed by atoms with Gasteiger partial charge in [-0.25, -0.2) is 0 Å². The van der Waals surface area contributed by atoms with Crippen molar-refractivity contribution >= 4 is 12.6 Å². The van der Waals surface area contributed by atoms with Gasteiger partial charge >= 0.3 is 7.12 Å². The third-order valence-corrected chi connectivity index (χ3v) is 2.52. The molecule has 0 bridgehead atoms. The number of aryl methyl sites for hydroxylation is 1. The Labute approximate surface area is 83.5 Å². The molecule has 0 fully saturated rings. The number of benzene rings is 1. The van der Waals surface area contributed by atoms with Crippen molar-refractivity contribution in [3.8, 4) is 0 Å². The second kappa shape index (κ2) is 4.13. The van der Waals surface area contributed by atoms with Crippen molar-refractivity contribution in [2.75, 3.05) is 6.61 Å². The molecule has 2 N–H and O–H groups in total. The lowest BCUT2D eigenvalue weighted by Crippen LogP contribution is -2.30. The van der Waals surface area contributed by atoms with Gasteiger partial charge in [-0.1, -0.05) is 18.2 Å². The number of hydrogen-bond donors (Lipinski definition) is 2. The summed E-state index contributed by atoms with van der Waals surface area (Å²) in [6, 6.07) is 5.50. The summed E-state index contributed by atoms with van der Waals surface area (Å²) in [6.07, 6.45) is 1.95. The van der Waals surface area contributed by atoms with E-state index in [2.05, 4.69) is 0 Å². The molecule has 0 atom stereocenters. The van der Waals surface area contributed by atoms with Crippen LogP contribution in [0.2, 0.25) is 0 Å². The van der Waals surface area contributed by atoms with Crippen molar-refractivity contribution in [1.82, 2.24) is 0 Å². The van der Waals surface area contributed by atoms with Crippen LogP contribution in [0, 0.1) is 0 Å². The molecule has 1 heterocycles. The predicted molar refractivity (Wildman–Crippen MR) is 54.2 cm³/mol. The van der Waals surface area contributed by atoms with E-state index in [1.807, 2.05) is 12.1 Å². The maximum Gasteiger partial charge on any atom is 0.488 e. The van der Waals surface area contributed by atoms with E-state index in [4.69, 9.17) is 14.8 Å². The number of hydrogen-bond acceptors (Lipinski definition) is 3. The van der Waals surface area contributed by atoms with E-state index < -0.39 is 7.12 Å². The Morgan fingerprint density at radius 1 is 1.21 bits per heavy atom. The number of fused-ring (bicyclic) bond motifs is 1. The molecule has 1 aliphatic heterocycles. The van der Waals surface area contributed by atoms with Gasteiger partial charge in [-0.2, -0.15) is 0 Å². The molecule has 0 radical (unpaired) electrons. The molecular formula is C10H13BO3. The Bertz CT molecular complexity index is 325. The van der Waals surface area contributed by atoms with Crippen LogP contribution in [0.5, 0.6) is 0 Å². The first-order chi connectivity index (χ1) is 6.77. The number of ether oxygens (including phenoxy) is 1. The molecule has 4 heteroatoms. The van der Waals surface area contributed by atoms with Crippen molar-refractivity contribution < 1.29 is 14.8 Å². The zero-order chi connectivity index (χ0) is 9.97. The topological polar surface area (TPSA) is 49.7 Å². The first-order valence-corrected chi connectivity index (χ1v) is 4.83. The summed E-state index contributed by atoms with van der Waals surface area (Å²) in [6.45, 7) is 1.42. The molecule has 2 rings (SSSR count). The molecule has 1 aliphatic rings. The van der Waals surface area contributed by atoms with Crippen molar-refractivity contribution in [1.29, 1.82) is 0 Å². The predicted octanol–water partition coefficient (Wildman–Crippen LogP) is -0.171. The molecular weight excluding hydrogens is 179 g/mol. The van der Waals surface area contributed by atoms with Gasteiger partial charge in [0, 0.05) is 6.61 Å². The third-order valence-electron chi connectivity index (χ3n) is 2.52. The Morgan fingerprint density at radius 2 is 2.07 bits per heavy atom. The van der Waals surface area contributed by atoms with E-state index in [9.17, 15) is 0 Å². The largest absolute Gasteiger partial charge is 0.488 e. The summed E-state index contributed by atoms with van der Waals surface area (Å²) in [5.74, 6) is 0. The maximum atomic E-state index is 9.02. The third kappa shape index (κ3) is 1.98. The van der Waals surface area contributed by atoms with Crippen LogP contribution in [0.1, 0.15) is 17.5 Å². The van der Waals surface area contributed by atoms with E-state index in [0.29, 0.717) is 12.1 Å². The Balaban J connectivity index is 2.32. The molecule has 0 spiro atoms. The van der Waals surface area contributed by atoms with E-state index in [1.54, 1.807) is 6.07 Å². The van der Waals surface area contributed by atoms with Crippen molar-refractivity contribution in [2.45, 2.75) is 19.4 Å². The summed E-state index contributed by atoms with van der Waals surface area (Å²) in [5.41, 5.74) is 2.89. The minimum atomic E-state index is -1.37. The van der Waals surface area contributed by atoms with Crippen LogP contribution in [-0.2, 0) is 17.8 Å². The highest BCUT2D eigenvalue weighted by Gasteiger charge is 2.14. The molecule has 0 saturated carbocycles. The average Bonchev–Trinajstić information content (AvgIpc) is 2.41. The molecule has 1 aromatic rings. The fraction of sp³-hybridized carbons (Fsp3) is 0.400. The van der Waals surface area contributed by atoms with E-state index in [0.717, 1.165) is 25.0 Å². The van der Waals surface area contributed by atoms with Crippen LogP contribution in [0.3, 0.4) is 0 Å². The van der Waals surface area contributed by atoms with E-state index >= 15 is 0 Å². The molecule has 0 aromatic heterocycles. The molecule has 0 unspecified atom stereocenters. The second-order valence-corrected chi connectivity index (χ2v) is 3.56. The Morgan fingerprint density at radius 3 is 2.86 bits per heavy atom. The lowest BCUT2D eigenvalue weighted by Gasteiger charge is -2.07. The SMILES string of the molecule is OB(O)c1ccc2c(c1)CCCOC2. The fourth-order valence-corrected chi connectivity index (χ4v) is 1.73. The molecule has 0 aliphatic carbocycles. The smallest absolute Gasteiger partial charge is 0.423 e. The monoisotopic (exact) mass is 192 g/mol. The summed E-state index contributed by atoms with van der Waals surface area (Å²) >= 11 is 0. The Hall–Kier alpha value is -0.835. The van der Waals surface area contributed by atoms with Gasteiger partial charge in [0.25, 0.3) is 0 Å². The van der Waals surface area contributed by atoms with Gasteiger partial charge in [-0.05, 0) is 29.4 Å². The number of rotatable bonds is 1. The van der Waals surface area contributed by atoms with Gasteiger partial charge in [-0.3, -0.25) is 0 Å². The first kappa shape index (κ1) is 9.71. The average molecular weight is 192 g/mol. The van der Waals surface area contributed by atoms with E-state index in [1.165, 1.54) is 5.56 Å². The van der Waals surface area contributed by atoms with Crippen molar-refractivity contribution in [2.24, 2.45) is 0 Å². The van der Waals surface area contributed by atoms with Crippen LogP contribution < -0.4 is 5.46 Å². The quantitative estimate of drug-likeness (QED) is 0.607. The zero-order valence-corrected chi connectivity index (χ0v) is 7.94. The summed E-state index contributed by atoms with van der Waals surface area (Å²) in [5, 5.41) is 18.0. The normalized spacial score (nSPS) is 15.9. The highest BCUT2D eigenvalue weighted by atomic mass is 16.5. The minimum Gasteiger partial charge on any atom is -0.423 e. The lowest BCUT2D eigenvalue weighted by atomic mass is 9.78. The van der Waals surface area contributed by atoms with Gasteiger partial charge < -0.3 is 14.8 Å². The standard InChI is InChI=1S/C10H13BO3/c12-11(13)10-4-3-9-7-14-5-1-2-8(9)6-10/h3-4,6,12-13H,1-2,5,7H2. The van der Waals surface area contributed by atoms with Crippen LogP contribution >= 0.6 is 0 Å². The molecule has 1 aromatic carbocycles. The molecule has 0 saturated heterocycles. The van der Waals surface area contributed by atoms with Gasteiger partial charge in [0.1, 0.15) is 0 Å². The summed E-state index contributed by atoms with van der Waals surface area (Å²) in [7, 11) is -1.37. The highest BCUT2D eigenvalue weighted by Crippen LogP contribution is 2.15. The molecule has 14 heavy (non-hydrogen) atoms. The highest BCUT2D eigenvalue weighted by molar-refractivity contribution is 6.58. The van der Waals surface area contributed by atoms with Crippen molar-refractivity contribution in [3.63, 3.8) is 0 Å². The van der Waals surface area contributed by atoms with E-state index in [-0.39, 0.29) is 0 Å². The van der Waals surface area contributed by atoms with Gasteiger partial charge in [0.05, 0.1) is 6.61 Å². The first-order valence-electron chi connectivity index (χ1n) is 4.83. The van der Waals surface area contributed by atoms with Crippen LogP contribution in [0.15, 0.2) is 18.2 Å². The molecule has 0 amide bonds. The zero-order valence-electron chi connectivity index (χ0n) is 7.94. The van der Waals surface area contributed by atoms with Gasteiger partial charge in [0.2, 0.25) is 0 Å². The lowest BCUT2D eigenvalue weighted by molar-refractivity contribution is 0.125. The van der Waals surface area contributed by atoms with Crippen LogP contribution in [-0.4, -0.2) is 23.8 Å². The molecule has 74 valence electrons. The summed E-state index contributed by atoms with van der Waals surface area (Å²) in [4.78, 5) is 0. The Kier molecular flexibility index (Phi) is 2.86.